The quantitative estimate of drug-likeness (QED) is 0.590. The Morgan fingerprint density at radius 2 is 2.29 bits per heavy atom. The van der Waals surface area contributed by atoms with Crippen LogP contribution >= 0.6 is 11.3 Å². The minimum atomic E-state index is -3.57. The molecule has 0 atom stereocenters. The molecule has 0 fully saturated rings. The van der Waals surface area contributed by atoms with Crippen molar-refractivity contribution < 1.29 is 12.6 Å². The third kappa shape index (κ3) is 4.85. The Morgan fingerprint density at radius 3 is 2.88 bits per heavy atom. The fourth-order valence-corrected chi connectivity index (χ4v) is 2.54. The molecule has 0 unspecified atom stereocenters. The Hall–Kier alpha value is -0.910. The molecule has 0 spiro atoms. The summed E-state index contributed by atoms with van der Waals surface area (Å²) in [4.78, 5) is 1.34. The summed E-state index contributed by atoms with van der Waals surface area (Å²) in [7, 11) is -3.57. The summed E-state index contributed by atoms with van der Waals surface area (Å²) in [5, 5.41) is 1.96. The lowest BCUT2D eigenvalue weighted by Crippen LogP contribution is -2.09. The van der Waals surface area contributed by atoms with Crippen molar-refractivity contribution in [1.29, 1.82) is 0 Å². The monoisotopic (exact) mass is 272 g/mol. The Morgan fingerprint density at radius 1 is 1.53 bits per heavy atom. The average molecular weight is 272 g/mol. The fraction of sp³-hybridized carbons (Fsp3) is 0.333. The maximum Gasteiger partial charge on any atom is 0.292 e. The second-order valence-electron chi connectivity index (χ2n) is 3.41. The van der Waals surface area contributed by atoms with E-state index in [0.29, 0.717) is 6.42 Å². The number of hydrogen-bond acceptors (Lipinski definition) is 4. The van der Waals surface area contributed by atoms with Crippen molar-refractivity contribution in [3.63, 3.8) is 0 Å². The van der Waals surface area contributed by atoms with Gasteiger partial charge in [-0.15, -0.1) is 11.3 Å². The molecule has 1 rings (SSSR count). The second-order valence-corrected chi connectivity index (χ2v) is 6.23. The van der Waals surface area contributed by atoms with E-state index in [1.54, 1.807) is 23.5 Å². The molecule has 0 N–H and O–H groups in total. The molecule has 0 amide bonds. The van der Waals surface area contributed by atoms with E-state index in [0.717, 1.165) is 4.88 Å². The lowest BCUT2D eigenvalue weighted by atomic mass is 10.4. The molecule has 0 saturated carbocycles. The van der Waals surface area contributed by atoms with Crippen LogP contribution < -0.4 is 0 Å². The van der Waals surface area contributed by atoms with E-state index in [1.807, 2.05) is 24.4 Å². The predicted molar refractivity (Wildman–Crippen MR) is 71.5 cm³/mol. The average Bonchev–Trinajstić information content (AvgIpc) is 2.78. The van der Waals surface area contributed by atoms with Crippen LogP contribution in [0.1, 0.15) is 18.7 Å². The number of rotatable bonds is 6. The summed E-state index contributed by atoms with van der Waals surface area (Å²) in [5.74, 6) is 0. The van der Waals surface area contributed by atoms with Crippen LogP contribution in [0.15, 0.2) is 40.6 Å². The Bertz CT molecular complexity index is 482. The third-order valence-corrected chi connectivity index (χ3v) is 4.42. The molecule has 0 aromatic carbocycles. The highest BCUT2D eigenvalue weighted by Gasteiger charge is 2.13. The van der Waals surface area contributed by atoms with Gasteiger partial charge in [-0.3, -0.25) is 4.18 Å². The molecule has 0 radical (unpaired) electrons. The number of thiophene rings is 1. The van der Waals surface area contributed by atoms with Crippen molar-refractivity contribution in [2.24, 2.45) is 0 Å². The van der Waals surface area contributed by atoms with Crippen molar-refractivity contribution >= 4 is 21.5 Å². The van der Waals surface area contributed by atoms with Gasteiger partial charge in [0.25, 0.3) is 10.1 Å². The maximum atomic E-state index is 11.6. The molecule has 1 aromatic rings. The smallest absolute Gasteiger partial charge is 0.266 e. The van der Waals surface area contributed by atoms with Crippen LogP contribution in [0.2, 0.25) is 0 Å². The fourth-order valence-electron chi connectivity index (χ4n) is 1.11. The second kappa shape index (κ2) is 6.74. The highest BCUT2D eigenvalue weighted by molar-refractivity contribution is 7.90. The van der Waals surface area contributed by atoms with E-state index >= 15 is 0 Å². The molecular weight excluding hydrogens is 256 g/mol. The van der Waals surface area contributed by atoms with E-state index in [9.17, 15) is 8.42 Å². The highest BCUT2D eigenvalue weighted by Crippen LogP contribution is 2.12. The SMILES string of the molecule is C/C=C\C=C(/C)S(=O)(=O)OCCc1cccs1. The minimum absolute atomic E-state index is 0.184. The number of hydrogen-bond donors (Lipinski definition) is 0. The molecule has 0 aliphatic heterocycles. The maximum absolute atomic E-state index is 11.6. The van der Waals surface area contributed by atoms with E-state index < -0.39 is 10.1 Å². The zero-order valence-electron chi connectivity index (χ0n) is 9.92. The summed E-state index contributed by atoms with van der Waals surface area (Å²) < 4.78 is 28.2. The van der Waals surface area contributed by atoms with Crippen LogP contribution in [0.5, 0.6) is 0 Å². The lowest BCUT2D eigenvalue weighted by Gasteiger charge is -2.04. The van der Waals surface area contributed by atoms with Gasteiger partial charge in [0.2, 0.25) is 0 Å². The van der Waals surface area contributed by atoms with Gasteiger partial charge in [-0.1, -0.05) is 18.2 Å². The third-order valence-electron chi connectivity index (χ3n) is 2.08. The van der Waals surface area contributed by atoms with Gasteiger partial charge in [-0.25, -0.2) is 0 Å². The van der Waals surface area contributed by atoms with Crippen molar-refractivity contribution in [2.45, 2.75) is 20.3 Å². The Balaban J connectivity index is 2.50. The first-order valence-corrected chi connectivity index (χ1v) is 7.56. The first-order chi connectivity index (χ1) is 8.06. The lowest BCUT2D eigenvalue weighted by molar-refractivity contribution is 0.327. The summed E-state index contributed by atoms with van der Waals surface area (Å²) in [6, 6.07) is 3.90. The molecule has 5 heteroatoms. The van der Waals surface area contributed by atoms with Crippen LogP contribution in [0.4, 0.5) is 0 Å². The first kappa shape index (κ1) is 14.2. The van der Waals surface area contributed by atoms with Crippen molar-refractivity contribution in [1.82, 2.24) is 0 Å². The predicted octanol–water partition coefficient (Wildman–Crippen LogP) is 3.12. The molecule has 0 bridgehead atoms. The zero-order chi connectivity index (χ0) is 12.7. The number of allylic oxidation sites excluding steroid dienone is 4. The summed E-state index contributed by atoms with van der Waals surface area (Å²) in [6.45, 7) is 3.54. The van der Waals surface area contributed by atoms with Gasteiger partial charge in [0, 0.05) is 11.3 Å². The first-order valence-electron chi connectivity index (χ1n) is 5.27. The van der Waals surface area contributed by atoms with Crippen LogP contribution in [0.25, 0.3) is 0 Å². The van der Waals surface area contributed by atoms with E-state index in [-0.39, 0.29) is 11.5 Å². The van der Waals surface area contributed by atoms with Gasteiger partial charge in [0.05, 0.1) is 11.5 Å². The van der Waals surface area contributed by atoms with E-state index in [2.05, 4.69) is 0 Å². The molecule has 94 valence electrons. The zero-order valence-corrected chi connectivity index (χ0v) is 11.6. The van der Waals surface area contributed by atoms with E-state index in [4.69, 9.17) is 4.18 Å². The molecule has 0 saturated heterocycles. The Labute approximate surface area is 107 Å². The van der Waals surface area contributed by atoms with Crippen LogP contribution in [-0.2, 0) is 20.7 Å². The van der Waals surface area contributed by atoms with Gasteiger partial charge < -0.3 is 0 Å². The van der Waals surface area contributed by atoms with Gasteiger partial charge in [0.1, 0.15) is 0 Å². The highest BCUT2D eigenvalue weighted by atomic mass is 32.2. The van der Waals surface area contributed by atoms with Crippen molar-refractivity contribution in [2.75, 3.05) is 6.61 Å². The standard InChI is InChI=1S/C12H16O3S2/c1-3-4-6-11(2)17(13,14)15-9-8-12-7-5-10-16-12/h3-7,10H,8-9H2,1-2H3/b4-3-,11-6+. The van der Waals surface area contributed by atoms with Crippen LogP contribution in [0.3, 0.4) is 0 Å². The summed E-state index contributed by atoms with van der Waals surface area (Å²) >= 11 is 1.60. The van der Waals surface area contributed by atoms with Gasteiger partial charge in [-0.05, 0) is 31.4 Å². The summed E-state index contributed by atoms with van der Waals surface area (Å²) in [5.41, 5.74) is 0. The largest absolute Gasteiger partial charge is 0.292 e. The molecule has 1 aromatic heterocycles. The van der Waals surface area contributed by atoms with Crippen LogP contribution in [0, 0.1) is 0 Å². The molecule has 1 heterocycles. The topological polar surface area (TPSA) is 43.4 Å². The van der Waals surface area contributed by atoms with E-state index in [1.165, 1.54) is 13.0 Å². The molecule has 0 aliphatic carbocycles. The van der Waals surface area contributed by atoms with Gasteiger partial charge >= 0.3 is 0 Å². The van der Waals surface area contributed by atoms with Gasteiger partial charge in [-0.2, -0.15) is 8.42 Å². The van der Waals surface area contributed by atoms with Crippen LogP contribution in [-0.4, -0.2) is 15.0 Å². The normalized spacial score (nSPS) is 13.4. The molecule has 17 heavy (non-hydrogen) atoms. The molecular formula is C12H16O3S2. The Kier molecular flexibility index (Phi) is 5.61. The van der Waals surface area contributed by atoms with Crippen molar-refractivity contribution in [3.8, 4) is 0 Å². The van der Waals surface area contributed by atoms with Crippen molar-refractivity contribution in [3.05, 3.63) is 45.5 Å². The minimum Gasteiger partial charge on any atom is -0.266 e. The summed E-state index contributed by atoms with van der Waals surface area (Å²) in [6.07, 6.45) is 5.59. The molecule has 0 aliphatic rings. The molecule has 3 nitrogen and oxygen atoms in total. The van der Waals surface area contributed by atoms with Gasteiger partial charge in [0.15, 0.2) is 0 Å².